The molecule has 2 aromatic rings. The number of rotatable bonds is 6. The maximum atomic E-state index is 13.9. The maximum Gasteiger partial charge on any atom is 0.126 e. The molecule has 0 bridgehead atoms. The number of aryl methyl sites for hydroxylation is 2. The van der Waals surface area contributed by atoms with E-state index in [9.17, 15) is 4.39 Å². The van der Waals surface area contributed by atoms with E-state index < -0.39 is 0 Å². The summed E-state index contributed by atoms with van der Waals surface area (Å²) >= 11 is 5.94. The summed E-state index contributed by atoms with van der Waals surface area (Å²) in [5.74, 6) is 5.39. The summed E-state index contributed by atoms with van der Waals surface area (Å²) in [6.07, 6.45) is 1.26. The zero-order valence-corrected chi connectivity index (χ0v) is 13.0. The molecular weight excluding hydrogens is 291 g/mol. The van der Waals surface area contributed by atoms with E-state index in [2.05, 4.69) is 10.5 Å². The van der Waals surface area contributed by atoms with Gasteiger partial charge in [0.1, 0.15) is 5.82 Å². The molecule has 0 radical (unpaired) electrons. The monoisotopic (exact) mass is 310 g/mol. The molecule has 1 unspecified atom stereocenters. The zero-order chi connectivity index (χ0) is 15.4. The van der Waals surface area contributed by atoms with Crippen molar-refractivity contribution < 1.29 is 4.39 Å². The summed E-state index contributed by atoms with van der Waals surface area (Å²) in [4.78, 5) is 0. The molecule has 0 saturated carbocycles. The molecule has 1 aromatic heterocycles. The van der Waals surface area contributed by atoms with E-state index in [0.717, 1.165) is 24.4 Å². The third kappa shape index (κ3) is 3.61. The first-order chi connectivity index (χ1) is 10.1. The second kappa shape index (κ2) is 7.02. The maximum absolute atomic E-state index is 13.9. The van der Waals surface area contributed by atoms with Crippen LogP contribution in [0.25, 0.3) is 0 Å². The molecule has 0 aliphatic rings. The number of nitrogens with zero attached hydrogens (tertiary/aromatic N) is 2. The van der Waals surface area contributed by atoms with Crippen molar-refractivity contribution in [3.63, 3.8) is 0 Å². The molecule has 1 heterocycles. The molecule has 0 amide bonds. The lowest BCUT2D eigenvalue weighted by atomic mass is 10.0. The fourth-order valence-electron chi connectivity index (χ4n) is 2.36. The fourth-order valence-corrected chi connectivity index (χ4v) is 2.56. The molecule has 2 rings (SSSR count). The topological polar surface area (TPSA) is 55.9 Å². The summed E-state index contributed by atoms with van der Waals surface area (Å²) in [5.41, 5.74) is 5.24. The fraction of sp³-hybridized carbons (Fsp3) is 0.400. The van der Waals surface area contributed by atoms with E-state index in [-0.39, 0.29) is 11.9 Å². The van der Waals surface area contributed by atoms with Gasteiger partial charge in [0.2, 0.25) is 0 Å². The first-order valence-electron chi connectivity index (χ1n) is 7.05. The van der Waals surface area contributed by atoms with Crippen molar-refractivity contribution >= 4 is 11.6 Å². The van der Waals surface area contributed by atoms with Crippen LogP contribution in [0.2, 0.25) is 5.02 Å². The number of halogens is 2. The Kier molecular flexibility index (Phi) is 5.33. The number of nitrogens with two attached hydrogens (primary N) is 1. The van der Waals surface area contributed by atoms with Gasteiger partial charge < -0.3 is 0 Å². The van der Waals surface area contributed by atoms with Crippen molar-refractivity contribution in [1.29, 1.82) is 0 Å². The van der Waals surface area contributed by atoms with Gasteiger partial charge in [0.05, 0.1) is 17.4 Å². The Bertz CT molecular complexity index is 612. The molecule has 6 heteroatoms. The number of nitrogens with one attached hydrogen (secondary N) is 1. The summed E-state index contributed by atoms with van der Waals surface area (Å²) in [6.45, 7) is 4.81. The Morgan fingerprint density at radius 2 is 2.14 bits per heavy atom. The second-order valence-electron chi connectivity index (χ2n) is 4.89. The molecule has 1 atom stereocenters. The van der Waals surface area contributed by atoms with Crippen LogP contribution in [0.15, 0.2) is 24.3 Å². The van der Waals surface area contributed by atoms with E-state index >= 15 is 0 Å². The molecule has 0 saturated heterocycles. The van der Waals surface area contributed by atoms with E-state index in [1.807, 2.05) is 24.6 Å². The highest BCUT2D eigenvalue weighted by Gasteiger charge is 2.18. The lowest BCUT2D eigenvalue weighted by Crippen LogP contribution is -2.31. The van der Waals surface area contributed by atoms with Crippen molar-refractivity contribution in [3.05, 3.63) is 52.1 Å². The highest BCUT2D eigenvalue weighted by atomic mass is 35.5. The molecular formula is C15H20ClFN4. The highest BCUT2D eigenvalue weighted by Crippen LogP contribution is 2.23. The van der Waals surface area contributed by atoms with Gasteiger partial charge in [-0.3, -0.25) is 16.0 Å². The third-order valence-corrected chi connectivity index (χ3v) is 3.75. The van der Waals surface area contributed by atoms with Crippen LogP contribution in [0.1, 0.15) is 36.8 Å². The summed E-state index contributed by atoms with van der Waals surface area (Å²) in [7, 11) is 0. The smallest absolute Gasteiger partial charge is 0.126 e. The molecule has 114 valence electrons. The van der Waals surface area contributed by atoms with E-state index in [1.165, 1.54) is 12.1 Å². The quantitative estimate of drug-likeness (QED) is 0.637. The normalized spacial score (nSPS) is 12.6. The van der Waals surface area contributed by atoms with Gasteiger partial charge in [-0.2, -0.15) is 5.10 Å². The van der Waals surface area contributed by atoms with Crippen LogP contribution in [0.3, 0.4) is 0 Å². The molecule has 0 fully saturated rings. The van der Waals surface area contributed by atoms with Crippen LogP contribution in [-0.2, 0) is 19.4 Å². The summed E-state index contributed by atoms with van der Waals surface area (Å²) in [5, 5.41) is 5.01. The van der Waals surface area contributed by atoms with Gasteiger partial charge in [-0.05, 0) is 49.6 Å². The van der Waals surface area contributed by atoms with Crippen molar-refractivity contribution in [3.8, 4) is 0 Å². The van der Waals surface area contributed by atoms with Crippen LogP contribution in [0.4, 0.5) is 4.39 Å². The lowest BCUT2D eigenvalue weighted by molar-refractivity contribution is 0.480. The number of hydrazine groups is 1. The summed E-state index contributed by atoms with van der Waals surface area (Å²) in [6, 6.07) is 6.34. The Labute approximate surface area is 129 Å². The molecule has 1 aromatic carbocycles. The molecule has 0 aliphatic heterocycles. The third-order valence-electron chi connectivity index (χ3n) is 3.51. The first kappa shape index (κ1) is 15.9. The Morgan fingerprint density at radius 3 is 2.76 bits per heavy atom. The largest absolute Gasteiger partial charge is 0.271 e. The molecule has 21 heavy (non-hydrogen) atoms. The second-order valence-corrected chi connectivity index (χ2v) is 5.33. The van der Waals surface area contributed by atoms with E-state index in [1.54, 1.807) is 6.07 Å². The SMILES string of the molecule is CCc1cc(C(Cc2cc(Cl)ccc2F)NN)n(CC)n1. The van der Waals surface area contributed by atoms with Crippen molar-refractivity contribution in [2.45, 2.75) is 39.3 Å². The van der Waals surface area contributed by atoms with Gasteiger partial charge in [0.25, 0.3) is 0 Å². The number of aromatic nitrogens is 2. The van der Waals surface area contributed by atoms with E-state index in [4.69, 9.17) is 17.4 Å². The average molecular weight is 311 g/mol. The standard InChI is InChI=1S/C15H20ClFN4/c1-3-12-9-15(21(4-2)20-12)14(19-18)8-10-7-11(16)5-6-13(10)17/h5-7,9,14,19H,3-4,8,18H2,1-2H3. The Balaban J connectivity index is 2.31. The lowest BCUT2D eigenvalue weighted by Gasteiger charge is -2.17. The minimum atomic E-state index is -0.280. The molecule has 4 nitrogen and oxygen atoms in total. The van der Waals surface area contributed by atoms with Crippen molar-refractivity contribution in [2.75, 3.05) is 0 Å². The number of benzene rings is 1. The van der Waals surface area contributed by atoms with Crippen LogP contribution in [0, 0.1) is 5.82 Å². The van der Waals surface area contributed by atoms with Gasteiger partial charge >= 0.3 is 0 Å². The van der Waals surface area contributed by atoms with Gasteiger partial charge in [0.15, 0.2) is 0 Å². The van der Waals surface area contributed by atoms with Gasteiger partial charge in [-0.1, -0.05) is 18.5 Å². The zero-order valence-electron chi connectivity index (χ0n) is 12.2. The minimum Gasteiger partial charge on any atom is -0.271 e. The first-order valence-corrected chi connectivity index (χ1v) is 7.43. The highest BCUT2D eigenvalue weighted by molar-refractivity contribution is 6.30. The number of hydrogen-bond acceptors (Lipinski definition) is 3. The molecule has 0 aliphatic carbocycles. The van der Waals surface area contributed by atoms with Crippen LogP contribution in [0.5, 0.6) is 0 Å². The average Bonchev–Trinajstić information content (AvgIpc) is 2.91. The predicted octanol–water partition coefficient (Wildman–Crippen LogP) is 3.01. The van der Waals surface area contributed by atoms with Crippen LogP contribution in [-0.4, -0.2) is 9.78 Å². The van der Waals surface area contributed by atoms with Crippen molar-refractivity contribution in [2.24, 2.45) is 5.84 Å². The van der Waals surface area contributed by atoms with Gasteiger partial charge in [0, 0.05) is 11.6 Å². The summed E-state index contributed by atoms with van der Waals surface area (Å²) < 4.78 is 15.8. The Morgan fingerprint density at radius 1 is 1.38 bits per heavy atom. The van der Waals surface area contributed by atoms with E-state index in [0.29, 0.717) is 17.0 Å². The predicted molar refractivity (Wildman–Crippen MR) is 82.5 cm³/mol. The van der Waals surface area contributed by atoms with Crippen LogP contribution >= 0.6 is 11.6 Å². The van der Waals surface area contributed by atoms with Gasteiger partial charge in [-0.25, -0.2) is 4.39 Å². The van der Waals surface area contributed by atoms with Crippen molar-refractivity contribution in [1.82, 2.24) is 15.2 Å². The molecule has 0 spiro atoms. The molecule has 3 N–H and O–H groups in total. The van der Waals surface area contributed by atoms with Crippen LogP contribution < -0.4 is 11.3 Å². The minimum absolute atomic E-state index is 0.217. The Hall–Kier alpha value is -1.43. The van der Waals surface area contributed by atoms with Gasteiger partial charge in [-0.15, -0.1) is 0 Å². The number of hydrogen-bond donors (Lipinski definition) is 2.